The molecule has 0 radical (unpaired) electrons. The van der Waals surface area contributed by atoms with E-state index >= 15 is 0 Å². The number of rotatable bonds is 4. The van der Waals surface area contributed by atoms with Crippen molar-refractivity contribution in [2.75, 3.05) is 0 Å². The quantitative estimate of drug-likeness (QED) is 0.536. The average Bonchev–Trinajstić information content (AvgIpc) is 2.43. The normalized spacial score (nSPS) is 11.8. The van der Waals surface area contributed by atoms with Crippen molar-refractivity contribution < 1.29 is 17.6 Å². The maximum absolute atomic E-state index is 13.1. The molecule has 0 aliphatic heterocycles. The smallest absolute Gasteiger partial charge is 0.194 e. The predicted molar refractivity (Wildman–Crippen MR) is 74.9 cm³/mol. The highest BCUT2D eigenvalue weighted by Crippen LogP contribution is 2.16. The lowest BCUT2D eigenvalue weighted by Gasteiger charge is -2.04. The molecular formula is C17H14F4. The Hall–Kier alpha value is -2.10. The molecule has 4 heteroatoms. The first-order valence-electron chi connectivity index (χ1n) is 6.52. The zero-order valence-corrected chi connectivity index (χ0v) is 11.5. The Labute approximate surface area is 120 Å². The fourth-order valence-electron chi connectivity index (χ4n) is 2.05. The van der Waals surface area contributed by atoms with E-state index in [1.807, 2.05) is 12.1 Å². The number of halogens is 4. The molecule has 0 bridgehead atoms. The Kier molecular flexibility index (Phi) is 4.78. The van der Waals surface area contributed by atoms with Gasteiger partial charge in [-0.1, -0.05) is 24.3 Å². The van der Waals surface area contributed by atoms with E-state index in [4.69, 9.17) is 0 Å². The second-order valence-electron chi connectivity index (χ2n) is 4.85. The molecule has 0 aliphatic carbocycles. The molecule has 0 aliphatic rings. The minimum absolute atomic E-state index is 0.278. The fraction of sp³-hybridized carbons (Fsp3) is 0.176. The van der Waals surface area contributed by atoms with Crippen LogP contribution in [0.25, 0.3) is 6.08 Å². The Bertz CT molecular complexity index is 630. The van der Waals surface area contributed by atoms with Gasteiger partial charge in [-0.25, -0.2) is 17.6 Å². The lowest BCUT2D eigenvalue weighted by atomic mass is 10.0. The van der Waals surface area contributed by atoms with Crippen molar-refractivity contribution in [2.24, 2.45) is 0 Å². The van der Waals surface area contributed by atoms with Crippen LogP contribution in [0.3, 0.4) is 0 Å². The van der Waals surface area contributed by atoms with Crippen LogP contribution in [0.1, 0.15) is 23.6 Å². The van der Waals surface area contributed by atoms with E-state index in [9.17, 15) is 17.6 Å². The lowest BCUT2D eigenvalue weighted by molar-refractivity contribution is 0.445. The standard InChI is InChI=1S/C17H14F4/c1-11(18)8-13-5-2-12(3-6-13)4-7-14-9-15(19)17(21)16(20)10-14/h2-3,5-6,8-10H,4,7H2,1H3. The van der Waals surface area contributed by atoms with E-state index in [2.05, 4.69) is 0 Å². The Morgan fingerprint density at radius 1 is 0.905 bits per heavy atom. The van der Waals surface area contributed by atoms with Gasteiger partial charge in [-0.2, -0.15) is 0 Å². The molecule has 0 heterocycles. The molecule has 2 rings (SSSR count). The van der Waals surface area contributed by atoms with Crippen LogP contribution in [-0.4, -0.2) is 0 Å². The van der Waals surface area contributed by atoms with Crippen LogP contribution in [0.2, 0.25) is 0 Å². The van der Waals surface area contributed by atoms with Gasteiger partial charge in [0.1, 0.15) is 0 Å². The second kappa shape index (κ2) is 6.57. The summed E-state index contributed by atoms with van der Waals surface area (Å²) in [6.45, 7) is 1.37. The van der Waals surface area contributed by atoms with Crippen molar-refractivity contribution in [2.45, 2.75) is 19.8 Å². The Morgan fingerprint density at radius 3 is 1.95 bits per heavy atom. The van der Waals surface area contributed by atoms with E-state index in [-0.39, 0.29) is 5.83 Å². The van der Waals surface area contributed by atoms with Gasteiger partial charge in [0.05, 0.1) is 5.83 Å². The van der Waals surface area contributed by atoms with Gasteiger partial charge in [0.2, 0.25) is 0 Å². The monoisotopic (exact) mass is 294 g/mol. The van der Waals surface area contributed by atoms with E-state index in [1.54, 1.807) is 12.1 Å². The zero-order valence-electron chi connectivity index (χ0n) is 11.5. The summed E-state index contributed by atoms with van der Waals surface area (Å²) in [5, 5.41) is 0. The molecule has 0 aromatic heterocycles. The van der Waals surface area contributed by atoms with Gasteiger partial charge in [-0.15, -0.1) is 0 Å². The minimum atomic E-state index is -1.45. The molecule has 21 heavy (non-hydrogen) atoms. The average molecular weight is 294 g/mol. The fourth-order valence-corrected chi connectivity index (χ4v) is 2.05. The van der Waals surface area contributed by atoms with Gasteiger partial charge in [-0.3, -0.25) is 0 Å². The van der Waals surface area contributed by atoms with Crippen molar-refractivity contribution in [3.05, 3.63) is 76.4 Å². The number of benzene rings is 2. The summed E-state index contributed by atoms with van der Waals surface area (Å²) >= 11 is 0. The summed E-state index contributed by atoms with van der Waals surface area (Å²) in [6.07, 6.45) is 2.36. The van der Waals surface area contributed by atoms with Gasteiger partial charge < -0.3 is 0 Å². The molecule has 2 aromatic rings. The van der Waals surface area contributed by atoms with Crippen LogP contribution >= 0.6 is 0 Å². The van der Waals surface area contributed by atoms with Crippen LogP contribution in [0, 0.1) is 17.5 Å². The molecule has 0 amide bonds. The summed E-state index contributed by atoms with van der Waals surface area (Å²) in [6, 6.07) is 9.19. The number of allylic oxidation sites excluding steroid dienone is 1. The van der Waals surface area contributed by atoms with Gasteiger partial charge in [0, 0.05) is 0 Å². The van der Waals surface area contributed by atoms with Gasteiger partial charge in [0.25, 0.3) is 0 Å². The molecule has 110 valence electrons. The van der Waals surface area contributed by atoms with Crippen molar-refractivity contribution in [3.8, 4) is 0 Å². The molecular weight excluding hydrogens is 280 g/mol. The van der Waals surface area contributed by atoms with Crippen LogP contribution < -0.4 is 0 Å². The van der Waals surface area contributed by atoms with Crippen molar-refractivity contribution in [1.29, 1.82) is 0 Å². The summed E-state index contributed by atoms with van der Waals surface area (Å²) < 4.78 is 51.7. The molecule has 0 spiro atoms. The largest absolute Gasteiger partial charge is 0.212 e. The van der Waals surface area contributed by atoms with Gasteiger partial charge in [-0.05, 0) is 54.7 Å². The summed E-state index contributed by atoms with van der Waals surface area (Å²) in [5.74, 6) is -4.08. The summed E-state index contributed by atoms with van der Waals surface area (Å²) in [4.78, 5) is 0. The van der Waals surface area contributed by atoms with Crippen LogP contribution in [0.4, 0.5) is 17.6 Å². The first kappa shape index (κ1) is 15.3. The Balaban J connectivity index is 2.05. The van der Waals surface area contributed by atoms with E-state index in [0.717, 1.165) is 23.3 Å². The first-order chi connectivity index (χ1) is 9.95. The topological polar surface area (TPSA) is 0 Å². The number of hydrogen-bond donors (Lipinski definition) is 0. The first-order valence-corrected chi connectivity index (χ1v) is 6.52. The molecule has 2 aromatic carbocycles. The third-order valence-electron chi connectivity index (χ3n) is 3.09. The predicted octanol–water partition coefficient (Wildman–Crippen LogP) is 5.22. The molecule has 0 N–H and O–H groups in total. The molecule has 0 fully saturated rings. The minimum Gasteiger partial charge on any atom is -0.212 e. The van der Waals surface area contributed by atoms with E-state index in [1.165, 1.54) is 13.0 Å². The molecule has 0 saturated heterocycles. The van der Waals surface area contributed by atoms with Gasteiger partial charge in [0.15, 0.2) is 17.5 Å². The summed E-state index contributed by atoms with van der Waals surface area (Å²) in [5.41, 5.74) is 2.10. The lowest BCUT2D eigenvalue weighted by Crippen LogP contribution is -1.97. The highest BCUT2D eigenvalue weighted by Gasteiger charge is 2.10. The van der Waals surface area contributed by atoms with Gasteiger partial charge >= 0.3 is 0 Å². The Morgan fingerprint density at radius 2 is 1.43 bits per heavy atom. The molecule has 0 atom stereocenters. The highest BCUT2D eigenvalue weighted by atomic mass is 19.2. The van der Waals surface area contributed by atoms with Crippen LogP contribution in [0.15, 0.2) is 42.2 Å². The maximum Gasteiger partial charge on any atom is 0.194 e. The van der Waals surface area contributed by atoms with E-state index in [0.29, 0.717) is 18.4 Å². The molecule has 0 saturated carbocycles. The molecule has 0 unspecified atom stereocenters. The highest BCUT2D eigenvalue weighted by molar-refractivity contribution is 5.51. The van der Waals surface area contributed by atoms with Crippen LogP contribution in [-0.2, 0) is 12.8 Å². The SMILES string of the molecule is CC(F)=Cc1ccc(CCc2cc(F)c(F)c(F)c2)cc1. The maximum atomic E-state index is 13.1. The van der Waals surface area contributed by atoms with Crippen molar-refractivity contribution in [3.63, 3.8) is 0 Å². The van der Waals surface area contributed by atoms with E-state index < -0.39 is 17.5 Å². The zero-order chi connectivity index (χ0) is 15.4. The third-order valence-corrected chi connectivity index (χ3v) is 3.09. The van der Waals surface area contributed by atoms with Crippen molar-refractivity contribution >= 4 is 6.08 Å². The third kappa shape index (κ3) is 4.18. The number of hydrogen-bond acceptors (Lipinski definition) is 0. The molecule has 0 nitrogen and oxygen atoms in total. The number of aryl methyl sites for hydroxylation is 2. The summed E-state index contributed by atoms with van der Waals surface area (Å²) in [7, 11) is 0. The van der Waals surface area contributed by atoms with Crippen molar-refractivity contribution in [1.82, 2.24) is 0 Å². The second-order valence-corrected chi connectivity index (χ2v) is 4.85. The van der Waals surface area contributed by atoms with Crippen LogP contribution in [0.5, 0.6) is 0 Å².